The molecule has 0 saturated carbocycles. The Morgan fingerprint density at radius 3 is 2.74 bits per heavy atom. The monoisotopic (exact) mass is 255 g/mol. The number of rotatable bonds is 4. The van der Waals surface area contributed by atoms with Crippen LogP contribution in [-0.4, -0.2) is 16.0 Å². The van der Waals surface area contributed by atoms with Gasteiger partial charge in [0.25, 0.3) is 0 Å². The molecule has 3 rings (SSSR count). The first-order valence-electron chi connectivity index (χ1n) is 6.72. The molecule has 0 aliphatic rings. The van der Waals surface area contributed by atoms with Crippen LogP contribution in [0.4, 0.5) is 5.82 Å². The van der Waals surface area contributed by atoms with Crippen molar-refractivity contribution in [3.05, 3.63) is 30.6 Å². The lowest BCUT2D eigenvalue weighted by Crippen LogP contribution is -2.17. The van der Waals surface area contributed by atoms with E-state index in [2.05, 4.69) is 29.1 Å². The summed E-state index contributed by atoms with van der Waals surface area (Å²) in [5.74, 6) is 0.787. The van der Waals surface area contributed by atoms with Crippen molar-refractivity contribution < 1.29 is 4.42 Å². The molecule has 0 radical (unpaired) electrons. The van der Waals surface area contributed by atoms with Crippen LogP contribution in [0.3, 0.4) is 0 Å². The number of benzene rings is 1. The number of furan rings is 1. The van der Waals surface area contributed by atoms with Crippen LogP contribution in [0.1, 0.15) is 26.7 Å². The summed E-state index contributed by atoms with van der Waals surface area (Å²) in [6, 6.07) is 8.35. The fourth-order valence-electron chi connectivity index (χ4n) is 2.31. The molecule has 19 heavy (non-hydrogen) atoms. The maximum absolute atomic E-state index is 5.89. The molecule has 1 N–H and O–H groups in total. The second-order valence-electron chi connectivity index (χ2n) is 4.66. The largest absolute Gasteiger partial charge is 0.450 e. The van der Waals surface area contributed by atoms with Crippen molar-refractivity contribution in [3.8, 4) is 0 Å². The van der Waals surface area contributed by atoms with Crippen molar-refractivity contribution in [2.24, 2.45) is 0 Å². The molecule has 0 saturated heterocycles. The van der Waals surface area contributed by atoms with Crippen molar-refractivity contribution in [3.63, 3.8) is 0 Å². The molecule has 0 amide bonds. The lowest BCUT2D eigenvalue weighted by molar-refractivity contribution is 0.648. The van der Waals surface area contributed by atoms with Crippen LogP contribution >= 0.6 is 0 Å². The van der Waals surface area contributed by atoms with Crippen molar-refractivity contribution >= 4 is 27.9 Å². The van der Waals surface area contributed by atoms with E-state index in [9.17, 15) is 0 Å². The fourth-order valence-corrected chi connectivity index (χ4v) is 2.31. The van der Waals surface area contributed by atoms with E-state index in [1.807, 2.05) is 24.3 Å². The van der Waals surface area contributed by atoms with Gasteiger partial charge in [-0.05, 0) is 25.0 Å². The Kier molecular flexibility index (Phi) is 3.07. The normalized spacial score (nSPS) is 11.5. The first kappa shape index (κ1) is 12.0. The molecular formula is C15H17N3O. The van der Waals surface area contributed by atoms with Crippen molar-refractivity contribution in [1.29, 1.82) is 0 Å². The topological polar surface area (TPSA) is 51.0 Å². The number of fused-ring (bicyclic) bond motifs is 3. The summed E-state index contributed by atoms with van der Waals surface area (Å²) in [7, 11) is 0. The smallest absolute Gasteiger partial charge is 0.196 e. The minimum absolute atomic E-state index is 0.409. The lowest BCUT2D eigenvalue weighted by atomic mass is 10.2. The van der Waals surface area contributed by atoms with E-state index < -0.39 is 0 Å². The number of para-hydroxylation sites is 1. The second-order valence-corrected chi connectivity index (χ2v) is 4.66. The predicted octanol–water partition coefficient (Wildman–Crippen LogP) is 3.98. The van der Waals surface area contributed by atoms with E-state index in [4.69, 9.17) is 4.42 Å². The molecule has 3 aromatic rings. The van der Waals surface area contributed by atoms with Crippen LogP contribution in [0.25, 0.3) is 22.1 Å². The second kappa shape index (κ2) is 4.88. The maximum Gasteiger partial charge on any atom is 0.196 e. The zero-order valence-corrected chi connectivity index (χ0v) is 11.2. The van der Waals surface area contributed by atoms with Gasteiger partial charge in [0.1, 0.15) is 17.4 Å². The van der Waals surface area contributed by atoms with Crippen molar-refractivity contribution in [1.82, 2.24) is 9.97 Å². The first-order chi connectivity index (χ1) is 9.33. The highest BCUT2D eigenvalue weighted by Crippen LogP contribution is 2.30. The van der Waals surface area contributed by atoms with Crippen LogP contribution in [0.5, 0.6) is 0 Å². The van der Waals surface area contributed by atoms with Gasteiger partial charge in [0.05, 0.1) is 0 Å². The fraction of sp³-hybridized carbons (Fsp3) is 0.333. The maximum atomic E-state index is 5.89. The molecular weight excluding hydrogens is 238 g/mol. The van der Waals surface area contributed by atoms with Crippen LogP contribution in [-0.2, 0) is 0 Å². The van der Waals surface area contributed by atoms with Gasteiger partial charge >= 0.3 is 0 Å². The average molecular weight is 255 g/mol. The van der Waals surface area contributed by atoms with Crippen LogP contribution in [0.2, 0.25) is 0 Å². The number of nitrogens with zero attached hydrogens (tertiary/aromatic N) is 2. The molecule has 0 fully saturated rings. The summed E-state index contributed by atoms with van der Waals surface area (Å²) in [6.07, 6.45) is 3.71. The Morgan fingerprint density at radius 1 is 1.16 bits per heavy atom. The van der Waals surface area contributed by atoms with Gasteiger partial charge in [0.2, 0.25) is 0 Å². The molecule has 0 aliphatic carbocycles. The third-order valence-electron chi connectivity index (χ3n) is 3.48. The molecule has 2 heterocycles. The number of anilines is 1. The number of hydrogen-bond donors (Lipinski definition) is 1. The summed E-state index contributed by atoms with van der Waals surface area (Å²) in [6.45, 7) is 4.33. The molecule has 4 nitrogen and oxygen atoms in total. The summed E-state index contributed by atoms with van der Waals surface area (Å²) >= 11 is 0. The van der Waals surface area contributed by atoms with Gasteiger partial charge in [-0.2, -0.15) is 0 Å². The molecule has 98 valence electrons. The zero-order valence-electron chi connectivity index (χ0n) is 11.2. The summed E-state index contributed by atoms with van der Waals surface area (Å²) in [5.41, 5.74) is 2.47. The number of nitrogens with one attached hydrogen (secondary N) is 1. The minimum atomic E-state index is 0.409. The van der Waals surface area contributed by atoms with Crippen LogP contribution < -0.4 is 5.32 Å². The van der Waals surface area contributed by atoms with Gasteiger partial charge in [-0.3, -0.25) is 0 Å². The third kappa shape index (κ3) is 2.03. The molecule has 0 atom stereocenters. The van der Waals surface area contributed by atoms with Crippen LogP contribution in [0, 0.1) is 0 Å². The van der Waals surface area contributed by atoms with E-state index in [-0.39, 0.29) is 0 Å². The first-order valence-corrected chi connectivity index (χ1v) is 6.72. The molecule has 0 unspecified atom stereocenters. The van der Waals surface area contributed by atoms with Gasteiger partial charge in [0.15, 0.2) is 11.4 Å². The summed E-state index contributed by atoms with van der Waals surface area (Å²) < 4.78 is 5.89. The molecule has 0 spiro atoms. The van der Waals surface area contributed by atoms with E-state index in [0.717, 1.165) is 40.7 Å². The van der Waals surface area contributed by atoms with E-state index in [1.54, 1.807) is 6.33 Å². The van der Waals surface area contributed by atoms with Gasteiger partial charge in [-0.15, -0.1) is 0 Å². The predicted molar refractivity (Wildman–Crippen MR) is 77.3 cm³/mol. The van der Waals surface area contributed by atoms with Gasteiger partial charge < -0.3 is 9.73 Å². The lowest BCUT2D eigenvalue weighted by Gasteiger charge is -2.14. The Morgan fingerprint density at radius 2 is 1.95 bits per heavy atom. The Labute approximate surface area is 111 Å². The number of hydrogen-bond acceptors (Lipinski definition) is 4. The highest BCUT2D eigenvalue weighted by Gasteiger charge is 2.14. The Bertz CT molecular complexity index is 701. The highest BCUT2D eigenvalue weighted by atomic mass is 16.3. The van der Waals surface area contributed by atoms with Gasteiger partial charge in [-0.1, -0.05) is 26.0 Å². The average Bonchev–Trinajstić information content (AvgIpc) is 2.84. The molecule has 0 bridgehead atoms. The Balaban J connectivity index is 2.15. The molecule has 1 aromatic carbocycles. The highest BCUT2D eigenvalue weighted by molar-refractivity contribution is 6.05. The van der Waals surface area contributed by atoms with E-state index in [0.29, 0.717) is 6.04 Å². The van der Waals surface area contributed by atoms with Crippen LogP contribution in [0.15, 0.2) is 35.0 Å². The zero-order chi connectivity index (χ0) is 13.2. The number of aromatic nitrogens is 2. The molecule has 2 aromatic heterocycles. The van der Waals surface area contributed by atoms with E-state index in [1.165, 1.54) is 0 Å². The Hall–Kier alpha value is -2.10. The third-order valence-corrected chi connectivity index (χ3v) is 3.48. The van der Waals surface area contributed by atoms with E-state index >= 15 is 0 Å². The standard InChI is InChI=1S/C15H17N3O/c1-3-10(4-2)18-15-14-13(16-9-17-15)11-7-5-6-8-12(11)19-14/h5-10H,3-4H2,1-2H3,(H,16,17,18). The van der Waals surface area contributed by atoms with Gasteiger partial charge in [-0.25, -0.2) is 9.97 Å². The molecule has 0 aliphatic heterocycles. The van der Waals surface area contributed by atoms with Gasteiger partial charge in [0, 0.05) is 11.4 Å². The SMILES string of the molecule is CCC(CC)Nc1ncnc2c1oc1ccccc12. The van der Waals surface area contributed by atoms with Crippen molar-refractivity contribution in [2.45, 2.75) is 32.7 Å². The summed E-state index contributed by atoms with van der Waals surface area (Å²) in [4.78, 5) is 8.67. The van der Waals surface area contributed by atoms with Crippen molar-refractivity contribution in [2.75, 3.05) is 5.32 Å². The summed E-state index contributed by atoms with van der Waals surface area (Å²) in [5, 5.41) is 4.47. The minimum Gasteiger partial charge on any atom is -0.450 e. The molecule has 4 heteroatoms. The quantitative estimate of drug-likeness (QED) is 0.766.